The van der Waals surface area contributed by atoms with E-state index in [-0.39, 0.29) is 5.97 Å². The summed E-state index contributed by atoms with van der Waals surface area (Å²) in [6, 6.07) is 0.681. The van der Waals surface area contributed by atoms with Crippen molar-refractivity contribution in [2.24, 2.45) is 5.92 Å². The molecule has 0 spiro atoms. The molecule has 100 valence electrons. The monoisotopic (exact) mass is 241 g/mol. The molecule has 1 N–H and O–H groups in total. The molecule has 1 rings (SSSR count). The maximum absolute atomic E-state index is 11.1. The van der Waals surface area contributed by atoms with Crippen molar-refractivity contribution in [3.8, 4) is 0 Å². The summed E-state index contributed by atoms with van der Waals surface area (Å²) in [4.78, 5) is 11.1. The second-order valence-corrected chi connectivity index (χ2v) is 4.99. The summed E-state index contributed by atoms with van der Waals surface area (Å²) < 4.78 is 4.90. The van der Waals surface area contributed by atoms with Crippen LogP contribution in [0.25, 0.3) is 0 Å². The summed E-state index contributed by atoms with van der Waals surface area (Å²) in [7, 11) is 0. The van der Waals surface area contributed by atoms with E-state index in [2.05, 4.69) is 12.2 Å². The zero-order valence-electron chi connectivity index (χ0n) is 11.3. The van der Waals surface area contributed by atoms with Crippen molar-refractivity contribution >= 4 is 5.97 Å². The summed E-state index contributed by atoms with van der Waals surface area (Å²) in [6.45, 7) is 5.58. The van der Waals surface area contributed by atoms with Crippen LogP contribution in [0.15, 0.2) is 0 Å². The fourth-order valence-electron chi connectivity index (χ4n) is 2.55. The van der Waals surface area contributed by atoms with Crippen LogP contribution >= 0.6 is 0 Å². The first kappa shape index (κ1) is 14.5. The Morgan fingerprint density at radius 2 is 1.94 bits per heavy atom. The van der Waals surface area contributed by atoms with E-state index in [1.165, 1.54) is 32.1 Å². The lowest BCUT2D eigenvalue weighted by Crippen LogP contribution is -2.33. The van der Waals surface area contributed by atoms with Crippen molar-refractivity contribution in [2.75, 3.05) is 13.2 Å². The molecule has 1 fully saturated rings. The highest BCUT2D eigenvalue weighted by atomic mass is 16.5. The van der Waals surface area contributed by atoms with Gasteiger partial charge in [-0.3, -0.25) is 4.79 Å². The van der Waals surface area contributed by atoms with E-state index in [0.29, 0.717) is 19.1 Å². The topological polar surface area (TPSA) is 38.3 Å². The Labute approximate surface area is 105 Å². The Morgan fingerprint density at radius 1 is 1.24 bits per heavy atom. The van der Waals surface area contributed by atoms with Crippen LogP contribution in [-0.4, -0.2) is 25.2 Å². The number of rotatable bonds is 7. The predicted octanol–water partition coefficient (Wildman–Crippen LogP) is 2.89. The minimum Gasteiger partial charge on any atom is -0.466 e. The number of esters is 1. The average Bonchev–Trinajstić information content (AvgIpc) is 2.36. The quantitative estimate of drug-likeness (QED) is 0.550. The Morgan fingerprint density at radius 3 is 2.53 bits per heavy atom. The van der Waals surface area contributed by atoms with Crippen LogP contribution in [0.1, 0.15) is 58.8 Å². The molecule has 0 radical (unpaired) electrons. The zero-order chi connectivity index (χ0) is 12.5. The fourth-order valence-corrected chi connectivity index (χ4v) is 2.55. The van der Waals surface area contributed by atoms with E-state index in [4.69, 9.17) is 4.74 Å². The van der Waals surface area contributed by atoms with E-state index in [1.54, 1.807) is 0 Å². The molecule has 0 amide bonds. The SMILES string of the molecule is CCOC(=O)CCCNC1CCC(CC)CC1. The van der Waals surface area contributed by atoms with Gasteiger partial charge in [0.25, 0.3) is 0 Å². The molecule has 0 saturated heterocycles. The van der Waals surface area contributed by atoms with E-state index in [0.717, 1.165) is 18.9 Å². The van der Waals surface area contributed by atoms with Gasteiger partial charge in [-0.05, 0) is 51.5 Å². The molecule has 1 saturated carbocycles. The number of ether oxygens (including phenoxy) is 1. The zero-order valence-corrected chi connectivity index (χ0v) is 11.3. The average molecular weight is 241 g/mol. The lowest BCUT2D eigenvalue weighted by atomic mass is 9.84. The molecule has 17 heavy (non-hydrogen) atoms. The van der Waals surface area contributed by atoms with Crippen LogP contribution in [0.4, 0.5) is 0 Å². The van der Waals surface area contributed by atoms with Crippen molar-refractivity contribution in [1.29, 1.82) is 0 Å². The van der Waals surface area contributed by atoms with E-state index < -0.39 is 0 Å². The van der Waals surface area contributed by atoms with Gasteiger partial charge in [0.1, 0.15) is 0 Å². The van der Waals surface area contributed by atoms with Crippen LogP contribution in [0.2, 0.25) is 0 Å². The largest absolute Gasteiger partial charge is 0.466 e. The van der Waals surface area contributed by atoms with Crippen molar-refractivity contribution in [1.82, 2.24) is 5.32 Å². The third-order valence-electron chi connectivity index (χ3n) is 3.72. The molecule has 0 bridgehead atoms. The van der Waals surface area contributed by atoms with Gasteiger partial charge in [-0.15, -0.1) is 0 Å². The lowest BCUT2D eigenvalue weighted by molar-refractivity contribution is -0.143. The van der Waals surface area contributed by atoms with Crippen LogP contribution in [0.5, 0.6) is 0 Å². The minimum atomic E-state index is -0.0657. The third kappa shape index (κ3) is 6.06. The molecule has 1 aliphatic rings. The normalized spacial score (nSPS) is 24.6. The van der Waals surface area contributed by atoms with Crippen molar-refractivity contribution < 1.29 is 9.53 Å². The molecule has 1 aliphatic carbocycles. The van der Waals surface area contributed by atoms with Gasteiger partial charge in [-0.25, -0.2) is 0 Å². The highest BCUT2D eigenvalue weighted by Crippen LogP contribution is 2.26. The first-order valence-electron chi connectivity index (χ1n) is 7.15. The number of hydrogen-bond acceptors (Lipinski definition) is 3. The summed E-state index contributed by atoms with van der Waals surface area (Å²) in [5.74, 6) is 0.886. The van der Waals surface area contributed by atoms with Gasteiger partial charge in [-0.2, -0.15) is 0 Å². The second kappa shape index (κ2) is 8.51. The summed E-state index contributed by atoms with van der Waals surface area (Å²) >= 11 is 0. The minimum absolute atomic E-state index is 0.0657. The van der Waals surface area contributed by atoms with Gasteiger partial charge in [0.05, 0.1) is 6.61 Å². The smallest absolute Gasteiger partial charge is 0.305 e. The number of carbonyl (C=O) groups is 1. The van der Waals surface area contributed by atoms with E-state index >= 15 is 0 Å². The molecule has 3 nitrogen and oxygen atoms in total. The Hall–Kier alpha value is -0.570. The van der Waals surface area contributed by atoms with Gasteiger partial charge in [-0.1, -0.05) is 13.3 Å². The maximum atomic E-state index is 11.1. The van der Waals surface area contributed by atoms with Gasteiger partial charge < -0.3 is 10.1 Å². The molecule has 3 heteroatoms. The molecule has 0 aromatic carbocycles. The van der Waals surface area contributed by atoms with E-state index in [1.807, 2.05) is 6.92 Å². The second-order valence-electron chi connectivity index (χ2n) is 4.99. The molecular weight excluding hydrogens is 214 g/mol. The summed E-state index contributed by atoms with van der Waals surface area (Å²) in [5.41, 5.74) is 0. The van der Waals surface area contributed by atoms with Gasteiger partial charge in [0.15, 0.2) is 0 Å². The van der Waals surface area contributed by atoms with Crippen molar-refractivity contribution in [3.63, 3.8) is 0 Å². The maximum Gasteiger partial charge on any atom is 0.305 e. The van der Waals surface area contributed by atoms with Crippen LogP contribution in [0, 0.1) is 5.92 Å². The Bertz CT molecular complexity index is 210. The third-order valence-corrected chi connectivity index (χ3v) is 3.72. The summed E-state index contributed by atoms with van der Waals surface area (Å²) in [5, 5.41) is 3.56. The van der Waals surface area contributed by atoms with Gasteiger partial charge in [0, 0.05) is 12.5 Å². The Balaban J connectivity index is 1.98. The van der Waals surface area contributed by atoms with Crippen LogP contribution < -0.4 is 5.32 Å². The van der Waals surface area contributed by atoms with E-state index in [9.17, 15) is 4.79 Å². The standard InChI is InChI=1S/C14H27NO2/c1-3-12-7-9-13(10-8-12)15-11-5-6-14(16)17-4-2/h12-13,15H,3-11H2,1-2H3. The fraction of sp³-hybridized carbons (Fsp3) is 0.929. The molecular formula is C14H27NO2. The molecule has 0 unspecified atom stereocenters. The van der Waals surface area contributed by atoms with Crippen molar-refractivity contribution in [3.05, 3.63) is 0 Å². The number of nitrogens with one attached hydrogen (secondary N) is 1. The predicted molar refractivity (Wildman–Crippen MR) is 69.9 cm³/mol. The Kier molecular flexibility index (Phi) is 7.25. The summed E-state index contributed by atoms with van der Waals surface area (Å²) in [6.07, 6.45) is 8.11. The van der Waals surface area contributed by atoms with Crippen LogP contribution in [-0.2, 0) is 9.53 Å². The van der Waals surface area contributed by atoms with Crippen LogP contribution in [0.3, 0.4) is 0 Å². The highest BCUT2D eigenvalue weighted by molar-refractivity contribution is 5.69. The molecule has 0 aromatic heterocycles. The molecule has 0 aromatic rings. The highest BCUT2D eigenvalue weighted by Gasteiger charge is 2.19. The lowest BCUT2D eigenvalue weighted by Gasteiger charge is -2.28. The number of hydrogen-bond donors (Lipinski definition) is 1. The van der Waals surface area contributed by atoms with Crippen molar-refractivity contribution in [2.45, 2.75) is 64.8 Å². The first-order valence-corrected chi connectivity index (χ1v) is 7.15. The van der Waals surface area contributed by atoms with Gasteiger partial charge >= 0.3 is 5.97 Å². The number of carbonyl (C=O) groups excluding carboxylic acids is 1. The molecule has 0 heterocycles. The molecule has 0 atom stereocenters. The van der Waals surface area contributed by atoms with Gasteiger partial charge in [0.2, 0.25) is 0 Å². The molecule has 0 aliphatic heterocycles. The first-order chi connectivity index (χ1) is 8.26.